The van der Waals surface area contributed by atoms with E-state index in [0.29, 0.717) is 17.9 Å². The van der Waals surface area contributed by atoms with E-state index in [2.05, 4.69) is 9.88 Å². The van der Waals surface area contributed by atoms with Gasteiger partial charge in [0, 0.05) is 30.9 Å². The molecule has 2 heterocycles. The van der Waals surface area contributed by atoms with E-state index in [9.17, 15) is 10.1 Å². The Kier molecular flexibility index (Phi) is 3.76. The van der Waals surface area contributed by atoms with E-state index in [0.717, 1.165) is 25.8 Å². The topological polar surface area (TPSA) is 85.3 Å². The number of hydrogen-bond donors (Lipinski definition) is 1. The number of nitrogens with two attached hydrogens (primary N) is 1. The zero-order valence-electron chi connectivity index (χ0n) is 10.5. The van der Waals surface area contributed by atoms with Crippen LogP contribution in [0.3, 0.4) is 0 Å². The van der Waals surface area contributed by atoms with Crippen molar-refractivity contribution in [2.45, 2.75) is 32.2 Å². The minimum atomic E-state index is -0.359. The van der Waals surface area contributed by atoms with Gasteiger partial charge in [-0.25, -0.2) is 4.98 Å². The molecule has 1 unspecified atom stereocenters. The predicted molar refractivity (Wildman–Crippen MR) is 69.7 cm³/mol. The van der Waals surface area contributed by atoms with Gasteiger partial charge in [0.1, 0.15) is 5.82 Å². The molecule has 1 aromatic heterocycles. The summed E-state index contributed by atoms with van der Waals surface area (Å²) in [5.41, 5.74) is 6.47. The van der Waals surface area contributed by atoms with Crippen LogP contribution in [0.5, 0.6) is 0 Å². The number of piperidine rings is 1. The number of pyridine rings is 1. The molecule has 1 aliphatic rings. The van der Waals surface area contributed by atoms with E-state index in [1.165, 1.54) is 0 Å². The maximum Gasteiger partial charge on any atom is 0.277 e. The third-order valence-corrected chi connectivity index (χ3v) is 3.45. The van der Waals surface area contributed by atoms with Crippen LogP contribution in [0.25, 0.3) is 0 Å². The molecule has 0 aliphatic carbocycles. The van der Waals surface area contributed by atoms with Crippen LogP contribution in [0.4, 0.5) is 11.5 Å². The van der Waals surface area contributed by atoms with Crippen molar-refractivity contribution in [1.82, 2.24) is 4.98 Å². The fourth-order valence-electron chi connectivity index (χ4n) is 2.40. The number of anilines is 1. The van der Waals surface area contributed by atoms with E-state index < -0.39 is 0 Å². The number of aryl methyl sites for hydroxylation is 1. The smallest absolute Gasteiger partial charge is 0.277 e. The molecule has 1 saturated heterocycles. The van der Waals surface area contributed by atoms with E-state index in [4.69, 9.17) is 5.73 Å². The summed E-state index contributed by atoms with van der Waals surface area (Å²) >= 11 is 0. The third-order valence-electron chi connectivity index (χ3n) is 3.45. The van der Waals surface area contributed by atoms with Gasteiger partial charge in [0.2, 0.25) is 0 Å². The van der Waals surface area contributed by atoms with Crippen LogP contribution in [0.15, 0.2) is 12.3 Å². The van der Waals surface area contributed by atoms with Gasteiger partial charge in [-0.05, 0) is 26.2 Å². The van der Waals surface area contributed by atoms with Gasteiger partial charge < -0.3 is 10.6 Å². The van der Waals surface area contributed by atoms with Gasteiger partial charge in [-0.15, -0.1) is 0 Å². The lowest BCUT2D eigenvalue weighted by atomic mass is 10.0. The Hall–Kier alpha value is -1.69. The van der Waals surface area contributed by atoms with E-state index in [-0.39, 0.29) is 16.7 Å². The van der Waals surface area contributed by atoms with Crippen molar-refractivity contribution >= 4 is 11.5 Å². The van der Waals surface area contributed by atoms with Crippen molar-refractivity contribution in [1.29, 1.82) is 0 Å². The monoisotopic (exact) mass is 250 g/mol. The van der Waals surface area contributed by atoms with Gasteiger partial charge in [-0.2, -0.15) is 0 Å². The summed E-state index contributed by atoms with van der Waals surface area (Å²) in [5.74, 6) is 0.669. The van der Waals surface area contributed by atoms with Crippen LogP contribution in [0.2, 0.25) is 0 Å². The van der Waals surface area contributed by atoms with Crippen LogP contribution in [0, 0.1) is 17.0 Å². The molecule has 6 heteroatoms. The Balaban J connectivity index is 2.32. The van der Waals surface area contributed by atoms with Crippen LogP contribution >= 0.6 is 0 Å². The fraction of sp³-hybridized carbons (Fsp3) is 0.583. The van der Waals surface area contributed by atoms with Crippen LogP contribution in [-0.2, 0) is 0 Å². The zero-order valence-corrected chi connectivity index (χ0v) is 10.5. The molecule has 2 N–H and O–H groups in total. The summed E-state index contributed by atoms with van der Waals surface area (Å²) in [6, 6.07) is 1.80. The van der Waals surface area contributed by atoms with Crippen LogP contribution in [0.1, 0.15) is 24.8 Å². The molecule has 0 spiro atoms. The third kappa shape index (κ3) is 2.43. The highest BCUT2D eigenvalue weighted by atomic mass is 16.6. The Morgan fingerprint density at radius 2 is 2.39 bits per heavy atom. The highest BCUT2D eigenvalue weighted by molar-refractivity contribution is 5.51. The van der Waals surface area contributed by atoms with Gasteiger partial charge >= 0.3 is 0 Å². The maximum absolute atomic E-state index is 10.9. The molecule has 0 saturated carbocycles. The first-order valence-electron chi connectivity index (χ1n) is 6.21. The van der Waals surface area contributed by atoms with Gasteiger partial charge in [0.05, 0.1) is 11.0 Å². The minimum Gasteiger partial charge on any atom is -0.352 e. The van der Waals surface area contributed by atoms with E-state index >= 15 is 0 Å². The molecular formula is C12H18N4O2. The molecule has 1 aliphatic heterocycles. The molecule has 0 bridgehead atoms. The molecule has 2 rings (SSSR count). The quantitative estimate of drug-likeness (QED) is 0.650. The number of aromatic nitrogens is 1. The maximum atomic E-state index is 10.9. The minimum absolute atomic E-state index is 0.126. The number of rotatable bonds is 3. The second-order valence-corrected chi connectivity index (χ2v) is 4.66. The van der Waals surface area contributed by atoms with Crippen molar-refractivity contribution in [3.63, 3.8) is 0 Å². The standard InChI is InChI=1S/C12H18N4O2/c1-9-8-14-12(6-11(9)16(17)18)15-5-3-2-4-10(15)7-13/h6,8,10H,2-5,7,13H2,1H3. The summed E-state index contributed by atoms with van der Waals surface area (Å²) in [7, 11) is 0. The van der Waals surface area contributed by atoms with Crippen molar-refractivity contribution in [3.05, 3.63) is 27.9 Å². The normalized spacial score (nSPS) is 19.9. The fourth-order valence-corrected chi connectivity index (χ4v) is 2.40. The van der Waals surface area contributed by atoms with Gasteiger partial charge in [-0.1, -0.05) is 0 Å². The second-order valence-electron chi connectivity index (χ2n) is 4.66. The first-order valence-corrected chi connectivity index (χ1v) is 6.21. The van der Waals surface area contributed by atoms with Gasteiger partial charge in [0.15, 0.2) is 0 Å². The Morgan fingerprint density at radius 1 is 1.61 bits per heavy atom. The number of hydrogen-bond acceptors (Lipinski definition) is 5. The SMILES string of the molecule is Cc1cnc(N2CCCCC2CN)cc1[N+](=O)[O-]. The average Bonchev–Trinajstić information content (AvgIpc) is 2.39. The summed E-state index contributed by atoms with van der Waals surface area (Å²) in [4.78, 5) is 17.0. The summed E-state index contributed by atoms with van der Waals surface area (Å²) in [6.45, 7) is 3.13. The molecule has 1 aromatic rings. The molecule has 1 atom stereocenters. The number of nitro groups is 1. The zero-order chi connectivity index (χ0) is 13.1. The molecule has 1 fully saturated rings. The van der Waals surface area contributed by atoms with Crippen molar-refractivity contribution in [2.24, 2.45) is 5.73 Å². The lowest BCUT2D eigenvalue weighted by Crippen LogP contribution is -2.44. The van der Waals surface area contributed by atoms with Crippen LogP contribution in [-0.4, -0.2) is 29.0 Å². The van der Waals surface area contributed by atoms with Crippen molar-refractivity contribution < 1.29 is 4.92 Å². The second kappa shape index (κ2) is 5.30. The predicted octanol–water partition coefficient (Wildman–Crippen LogP) is 1.62. The van der Waals surface area contributed by atoms with Crippen LogP contribution < -0.4 is 10.6 Å². The summed E-state index contributed by atoms with van der Waals surface area (Å²) < 4.78 is 0. The number of nitrogens with zero attached hydrogens (tertiary/aromatic N) is 3. The lowest BCUT2D eigenvalue weighted by Gasteiger charge is -2.35. The van der Waals surface area contributed by atoms with Gasteiger partial charge in [0.25, 0.3) is 5.69 Å². The molecule has 0 aromatic carbocycles. The van der Waals surface area contributed by atoms with Crippen molar-refractivity contribution in [2.75, 3.05) is 18.0 Å². The first-order chi connectivity index (χ1) is 8.63. The highest BCUT2D eigenvalue weighted by Crippen LogP contribution is 2.27. The highest BCUT2D eigenvalue weighted by Gasteiger charge is 2.24. The molecule has 6 nitrogen and oxygen atoms in total. The Bertz CT molecular complexity index is 450. The Labute approximate surface area is 106 Å². The van der Waals surface area contributed by atoms with E-state index in [1.54, 1.807) is 19.2 Å². The lowest BCUT2D eigenvalue weighted by molar-refractivity contribution is -0.385. The van der Waals surface area contributed by atoms with Gasteiger partial charge in [-0.3, -0.25) is 10.1 Å². The van der Waals surface area contributed by atoms with E-state index in [1.807, 2.05) is 0 Å². The molecule has 0 amide bonds. The first kappa shape index (κ1) is 12.8. The molecular weight excluding hydrogens is 232 g/mol. The molecule has 0 radical (unpaired) electrons. The summed E-state index contributed by atoms with van der Waals surface area (Å²) in [5, 5.41) is 10.9. The van der Waals surface area contributed by atoms with Crippen molar-refractivity contribution in [3.8, 4) is 0 Å². The Morgan fingerprint density at radius 3 is 3.06 bits per heavy atom. The molecule has 18 heavy (non-hydrogen) atoms. The average molecular weight is 250 g/mol. The summed E-state index contributed by atoms with van der Waals surface area (Å²) in [6.07, 6.45) is 4.83. The molecule has 98 valence electrons. The largest absolute Gasteiger partial charge is 0.352 e.